The van der Waals surface area contributed by atoms with E-state index in [-0.39, 0.29) is 12.3 Å². The summed E-state index contributed by atoms with van der Waals surface area (Å²) in [4.78, 5) is 20.7. The fraction of sp³-hybridized carbons (Fsp3) is 0.182. The van der Waals surface area contributed by atoms with Crippen LogP contribution in [0, 0.1) is 20.8 Å². The van der Waals surface area contributed by atoms with Gasteiger partial charge in [-0.25, -0.2) is 9.97 Å². The molecule has 2 heterocycles. The summed E-state index contributed by atoms with van der Waals surface area (Å²) in [5.74, 6) is 0.574. The Morgan fingerprint density at radius 3 is 2.52 bits per heavy atom. The second kappa shape index (κ2) is 7.71. The summed E-state index contributed by atoms with van der Waals surface area (Å²) < 4.78 is 5.39. The van der Waals surface area contributed by atoms with Gasteiger partial charge in [0, 0.05) is 28.5 Å². The standard InChI is InChI=1S/C22H21N5O2/c1-13-8-14(2)22-18(27-29-19(22)9-13)11-21(28)26-17-6-4-16(5-7-17)25-20-10-15(3)23-12-24-20/h4-10,12H,11H2,1-3H3,(H,26,28)(H,23,24,25). The quantitative estimate of drug-likeness (QED) is 0.525. The zero-order chi connectivity index (χ0) is 20.4. The molecule has 0 spiro atoms. The van der Waals surface area contributed by atoms with Crippen molar-refractivity contribution in [2.24, 2.45) is 0 Å². The van der Waals surface area contributed by atoms with Gasteiger partial charge in [-0.1, -0.05) is 11.2 Å². The maximum atomic E-state index is 12.5. The van der Waals surface area contributed by atoms with Gasteiger partial charge in [-0.05, 0) is 62.2 Å². The minimum atomic E-state index is -0.146. The summed E-state index contributed by atoms with van der Waals surface area (Å²) in [6, 6.07) is 13.3. The van der Waals surface area contributed by atoms with Crippen LogP contribution < -0.4 is 10.6 Å². The van der Waals surface area contributed by atoms with Crippen LogP contribution in [0.5, 0.6) is 0 Å². The van der Waals surface area contributed by atoms with Crippen LogP contribution in [0.4, 0.5) is 17.2 Å². The number of benzene rings is 2. The average Bonchev–Trinajstić information content (AvgIpc) is 3.06. The number of carbonyl (C=O) groups is 1. The van der Waals surface area contributed by atoms with Gasteiger partial charge in [0.1, 0.15) is 17.8 Å². The highest BCUT2D eigenvalue weighted by molar-refractivity contribution is 5.95. The number of hydrogen-bond acceptors (Lipinski definition) is 6. The fourth-order valence-corrected chi connectivity index (χ4v) is 3.31. The monoisotopic (exact) mass is 387 g/mol. The van der Waals surface area contributed by atoms with E-state index in [1.807, 2.05) is 57.2 Å². The number of rotatable bonds is 5. The predicted octanol–water partition coefficient (Wildman–Crippen LogP) is 4.47. The molecule has 0 unspecified atom stereocenters. The van der Waals surface area contributed by atoms with Crippen LogP contribution in [0.3, 0.4) is 0 Å². The van der Waals surface area contributed by atoms with Crippen LogP contribution in [-0.2, 0) is 11.2 Å². The SMILES string of the molecule is Cc1cc(C)c2c(CC(=O)Nc3ccc(Nc4cc(C)ncn4)cc3)noc2c1. The topological polar surface area (TPSA) is 92.9 Å². The zero-order valence-corrected chi connectivity index (χ0v) is 16.5. The van der Waals surface area contributed by atoms with Crippen LogP contribution in [0.1, 0.15) is 22.5 Å². The van der Waals surface area contributed by atoms with E-state index >= 15 is 0 Å². The number of carbonyl (C=O) groups excluding carboxylic acids is 1. The first-order valence-electron chi connectivity index (χ1n) is 9.29. The van der Waals surface area contributed by atoms with Gasteiger partial charge in [0.15, 0.2) is 5.58 Å². The molecule has 2 aromatic carbocycles. The van der Waals surface area contributed by atoms with Crippen LogP contribution in [0.2, 0.25) is 0 Å². The first kappa shape index (κ1) is 18.6. The first-order chi connectivity index (χ1) is 14.0. The van der Waals surface area contributed by atoms with E-state index in [9.17, 15) is 4.79 Å². The molecule has 0 aliphatic heterocycles. The molecule has 0 bridgehead atoms. The predicted molar refractivity (Wildman–Crippen MR) is 112 cm³/mol. The first-order valence-corrected chi connectivity index (χ1v) is 9.29. The largest absolute Gasteiger partial charge is 0.356 e. The maximum absolute atomic E-state index is 12.5. The highest BCUT2D eigenvalue weighted by Gasteiger charge is 2.15. The third kappa shape index (κ3) is 4.24. The maximum Gasteiger partial charge on any atom is 0.230 e. The van der Waals surface area contributed by atoms with Gasteiger partial charge in [-0.2, -0.15) is 0 Å². The number of aryl methyl sites for hydroxylation is 3. The lowest BCUT2D eigenvalue weighted by molar-refractivity contribution is -0.115. The Morgan fingerprint density at radius 1 is 1.00 bits per heavy atom. The van der Waals surface area contributed by atoms with Crippen LogP contribution in [-0.4, -0.2) is 21.0 Å². The van der Waals surface area contributed by atoms with Crippen molar-refractivity contribution in [3.8, 4) is 0 Å². The van der Waals surface area contributed by atoms with Gasteiger partial charge in [-0.3, -0.25) is 4.79 Å². The molecule has 4 rings (SSSR count). The molecule has 1 amide bonds. The van der Waals surface area contributed by atoms with E-state index in [0.717, 1.165) is 33.7 Å². The molecule has 2 N–H and O–H groups in total. The second-order valence-corrected chi connectivity index (χ2v) is 7.06. The summed E-state index contributed by atoms with van der Waals surface area (Å²) in [6.07, 6.45) is 1.67. The molecular weight excluding hydrogens is 366 g/mol. The minimum absolute atomic E-state index is 0.146. The molecule has 2 aromatic heterocycles. The lowest BCUT2D eigenvalue weighted by atomic mass is 10.0. The van der Waals surface area contributed by atoms with Crippen molar-refractivity contribution in [1.29, 1.82) is 0 Å². The normalized spacial score (nSPS) is 10.9. The highest BCUT2D eigenvalue weighted by atomic mass is 16.5. The zero-order valence-electron chi connectivity index (χ0n) is 16.5. The van der Waals surface area contributed by atoms with Crippen LogP contribution in [0.25, 0.3) is 11.0 Å². The molecule has 0 fully saturated rings. The Balaban J connectivity index is 1.42. The van der Waals surface area contributed by atoms with E-state index < -0.39 is 0 Å². The molecule has 146 valence electrons. The molecule has 0 aliphatic carbocycles. The number of fused-ring (bicyclic) bond motifs is 1. The molecule has 0 radical (unpaired) electrons. The molecule has 0 aliphatic rings. The van der Waals surface area contributed by atoms with E-state index in [1.54, 1.807) is 0 Å². The molecule has 0 atom stereocenters. The molecule has 4 aromatic rings. The summed E-state index contributed by atoms with van der Waals surface area (Å²) in [5, 5.41) is 11.1. The molecule has 0 saturated carbocycles. The summed E-state index contributed by atoms with van der Waals surface area (Å²) >= 11 is 0. The van der Waals surface area contributed by atoms with E-state index in [4.69, 9.17) is 4.52 Å². The van der Waals surface area contributed by atoms with Crippen LogP contribution >= 0.6 is 0 Å². The van der Waals surface area contributed by atoms with Gasteiger partial charge in [0.2, 0.25) is 5.91 Å². The molecule has 7 heteroatoms. The molecule has 7 nitrogen and oxygen atoms in total. The van der Waals surface area contributed by atoms with Crippen molar-refractivity contribution in [1.82, 2.24) is 15.1 Å². The lowest BCUT2D eigenvalue weighted by Crippen LogP contribution is -2.14. The van der Waals surface area contributed by atoms with Crippen LogP contribution in [0.15, 0.2) is 53.3 Å². The molecular formula is C22H21N5O2. The third-order valence-electron chi connectivity index (χ3n) is 4.56. The Labute approximate surface area is 168 Å². The Kier molecular flexibility index (Phi) is 4.95. The minimum Gasteiger partial charge on any atom is -0.356 e. The van der Waals surface area contributed by atoms with Crippen molar-refractivity contribution in [3.05, 3.63) is 71.3 Å². The lowest BCUT2D eigenvalue weighted by Gasteiger charge is -2.08. The number of nitrogens with one attached hydrogen (secondary N) is 2. The molecule has 29 heavy (non-hydrogen) atoms. The van der Waals surface area contributed by atoms with E-state index in [0.29, 0.717) is 17.0 Å². The number of aromatic nitrogens is 3. The smallest absolute Gasteiger partial charge is 0.230 e. The number of amides is 1. The summed E-state index contributed by atoms with van der Waals surface area (Å²) in [6.45, 7) is 5.91. The van der Waals surface area contributed by atoms with Gasteiger partial charge in [0.25, 0.3) is 0 Å². The Bertz CT molecular complexity index is 1180. The third-order valence-corrected chi connectivity index (χ3v) is 4.56. The van der Waals surface area contributed by atoms with E-state index in [2.05, 4.69) is 31.8 Å². The van der Waals surface area contributed by atoms with Crippen molar-refractivity contribution in [2.75, 3.05) is 10.6 Å². The molecule has 0 saturated heterocycles. The Morgan fingerprint density at radius 2 is 1.76 bits per heavy atom. The van der Waals surface area contributed by atoms with Gasteiger partial charge in [0.05, 0.1) is 6.42 Å². The van der Waals surface area contributed by atoms with E-state index in [1.165, 1.54) is 6.33 Å². The highest BCUT2D eigenvalue weighted by Crippen LogP contribution is 2.25. The number of anilines is 3. The van der Waals surface area contributed by atoms with Gasteiger partial charge >= 0.3 is 0 Å². The van der Waals surface area contributed by atoms with Gasteiger partial charge in [-0.15, -0.1) is 0 Å². The number of nitrogens with zero attached hydrogens (tertiary/aromatic N) is 3. The van der Waals surface area contributed by atoms with Crippen molar-refractivity contribution < 1.29 is 9.32 Å². The average molecular weight is 387 g/mol. The second-order valence-electron chi connectivity index (χ2n) is 7.06. The van der Waals surface area contributed by atoms with Gasteiger partial charge < -0.3 is 15.2 Å². The summed E-state index contributed by atoms with van der Waals surface area (Å²) in [5.41, 5.74) is 5.98. The van der Waals surface area contributed by atoms with Crippen molar-refractivity contribution >= 4 is 34.1 Å². The van der Waals surface area contributed by atoms with Crippen molar-refractivity contribution in [2.45, 2.75) is 27.2 Å². The summed E-state index contributed by atoms with van der Waals surface area (Å²) in [7, 11) is 0. The number of hydrogen-bond donors (Lipinski definition) is 2. The fourth-order valence-electron chi connectivity index (χ4n) is 3.31. The Hall–Kier alpha value is -3.74. The van der Waals surface area contributed by atoms with Crippen molar-refractivity contribution in [3.63, 3.8) is 0 Å².